The van der Waals surface area contributed by atoms with Crippen molar-refractivity contribution in [2.24, 2.45) is 40.4 Å². The first-order chi connectivity index (χ1) is 14.6. The lowest BCUT2D eigenvalue weighted by Gasteiger charge is -2.60. The van der Waals surface area contributed by atoms with Gasteiger partial charge in [-0.1, -0.05) is 20.8 Å². The standard InChI is InChI=1S/C27H39NO3/c1-15-11-24(31)25(28-14-15)16(2)19-5-6-20-18-13-23(30)22-12-17(29)7-9-27(22,4)21(18)8-10-26(19,20)3/h11,14,16-22,29,31H,5-10,12-13H2,1-4H3/t16?,17-,18-,19+,20-,21-,22+,26+,27+/m0/s1. The first-order valence-electron chi connectivity index (χ1n) is 12.5. The highest BCUT2D eigenvalue weighted by Crippen LogP contribution is 2.68. The van der Waals surface area contributed by atoms with Crippen molar-refractivity contribution < 1.29 is 15.0 Å². The van der Waals surface area contributed by atoms with Crippen molar-refractivity contribution in [2.45, 2.75) is 91.1 Å². The lowest BCUT2D eigenvalue weighted by molar-refractivity contribution is -0.159. The lowest BCUT2D eigenvalue weighted by Crippen LogP contribution is -2.57. The van der Waals surface area contributed by atoms with E-state index in [1.807, 2.05) is 19.2 Å². The normalized spacial score (nSPS) is 45.5. The summed E-state index contributed by atoms with van der Waals surface area (Å²) < 4.78 is 0. The van der Waals surface area contributed by atoms with E-state index in [4.69, 9.17) is 0 Å². The van der Waals surface area contributed by atoms with Crippen LogP contribution in [0.1, 0.15) is 89.3 Å². The van der Waals surface area contributed by atoms with Crippen LogP contribution < -0.4 is 0 Å². The Morgan fingerprint density at radius 1 is 1.10 bits per heavy atom. The van der Waals surface area contributed by atoms with Crippen LogP contribution in [0.4, 0.5) is 0 Å². The molecule has 1 unspecified atom stereocenters. The minimum Gasteiger partial charge on any atom is -0.506 e. The quantitative estimate of drug-likeness (QED) is 0.666. The molecule has 0 amide bonds. The highest BCUT2D eigenvalue weighted by Gasteiger charge is 2.62. The third-order valence-corrected chi connectivity index (χ3v) is 10.6. The summed E-state index contributed by atoms with van der Waals surface area (Å²) >= 11 is 0. The second-order valence-electron chi connectivity index (χ2n) is 12.0. The molecule has 9 atom stereocenters. The van der Waals surface area contributed by atoms with E-state index in [0.717, 1.165) is 30.5 Å². The molecule has 4 heteroatoms. The molecule has 4 fully saturated rings. The molecule has 0 aliphatic heterocycles. The average molecular weight is 426 g/mol. The summed E-state index contributed by atoms with van der Waals surface area (Å²) in [5, 5.41) is 20.8. The highest BCUT2D eigenvalue weighted by molar-refractivity contribution is 5.83. The number of Topliss-reactive ketones (excluding diaryl/α,β-unsaturated/α-hetero) is 1. The van der Waals surface area contributed by atoms with Gasteiger partial charge in [0.05, 0.1) is 11.8 Å². The van der Waals surface area contributed by atoms with Gasteiger partial charge in [0.1, 0.15) is 11.5 Å². The van der Waals surface area contributed by atoms with Crippen molar-refractivity contribution in [1.29, 1.82) is 0 Å². The van der Waals surface area contributed by atoms with E-state index < -0.39 is 0 Å². The Bertz CT molecular complexity index is 883. The number of pyridine rings is 1. The predicted octanol–water partition coefficient (Wildman–Crippen LogP) is 5.40. The van der Waals surface area contributed by atoms with Crippen LogP contribution in [0, 0.1) is 47.3 Å². The molecule has 1 heterocycles. The number of aromatic nitrogens is 1. The molecule has 0 aromatic carbocycles. The Kier molecular flexibility index (Phi) is 5.04. The molecule has 1 aromatic rings. The second-order valence-corrected chi connectivity index (χ2v) is 12.0. The molecule has 5 rings (SSSR count). The molecular formula is C27H39NO3. The Morgan fingerprint density at radius 3 is 2.55 bits per heavy atom. The first-order valence-corrected chi connectivity index (χ1v) is 12.5. The molecule has 0 spiro atoms. The van der Waals surface area contributed by atoms with Crippen LogP contribution in [0.3, 0.4) is 0 Å². The average Bonchev–Trinajstić information content (AvgIpc) is 3.06. The molecule has 1 aromatic heterocycles. The number of aromatic hydroxyl groups is 1. The number of nitrogens with zero attached hydrogens (tertiary/aromatic N) is 1. The van der Waals surface area contributed by atoms with Gasteiger partial charge in [0.25, 0.3) is 0 Å². The van der Waals surface area contributed by atoms with E-state index in [-0.39, 0.29) is 28.8 Å². The van der Waals surface area contributed by atoms with Gasteiger partial charge in [-0.2, -0.15) is 0 Å². The Balaban J connectivity index is 1.43. The zero-order valence-corrected chi connectivity index (χ0v) is 19.6. The summed E-state index contributed by atoms with van der Waals surface area (Å²) in [6, 6.07) is 1.84. The molecule has 31 heavy (non-hydrogen) atoms. The molecule has 0 bridgehead atoms. The summed E-state index contributed by atoms with van der Waals surface area (Å²) in [6.45, 7) is 9.04. The third kappa shape index (κ3) is 3.11. The van der Waals surface area contributed by atoms with Crippen LogP contribution in [0.5, 0.6) is 5.75 Å². The molecule has 4 aliphatic rings. The molecule has 0 radical (unpaired) electrons. The SMILES string of the molecule is Cc1cnc(C(C)[C@H]2CC[C@H]3[C@@H]4CC(=O)[C@H]5C[C@@H](O)CC[C@]5(C)[C@H]4CC[C@]23C)c(O)c1. The molecule has 2 N–H and O–H groups in total. The lowest BCUT2D eigenvalue weighted by atomic mass is 9.44. The summed E-state index contributed by atoms with van der Waals surface area (Å²) in [5.41, 5.74) is 2.11. The summed E-state index contributed by atoms with van der Waals surface area (Å²) in [6.07, 6.45) is 9.58. The largest absolute Gasteiger partial charge is 0.506 e. The molecule has 4 aliphatic carbocycles. The van der Waals surface area contributed by atoms with Crippen molar-refractivity contribution >= 4 is 5.78 Å². The van der Waals surface area contributed by atoms with E-state index in [1.165, 1.54) is 19.3 Å². The van der Waals surface area contributed by atoms with Crippen LogP contribution in [0.25, 0.3) is 0 Å². The number of hydrogen-bond donors (Lipinski definition) is 2. The van der Waals surface area contributed by atoms with Crippen molar-refractivity contribution in [2.75, 3.05) is 0 Å². The fourth-order valence-electron chi connectivity index (χ4n) is 8.99. The maximum absolute atomic E-state index is 13.3. The topological polar surface area (TPSA) is 70.4 Å². The predicted molar refractivity (Wildman–Crippen MR) is 121 cm³/mol. The van der Waals surface area contributed by atoms with Crippen molar-refractivity contribution in [1.82, 2.24) is 4.98 Å². The summed E-state index contributed by atoms with van der Waals surface area (Å²) in [4.78, 5) is 17.9. The minimum atomic E-state index is -0.293. The van der Waals surface area contributed by atoms with E-state index in [9.17, 15) is 15.0 Å². The molecule has 170 valence electrons. The molecule has 4 saturated carbocycles. The fraction of sp³-hybridized carbons (Fsp3) is 0.778. The van der Waals surface area contributed by atoms with Gasteiger partial charge < -0.3 is 10.2 Å². The number of aliphatic hydroxyl groups is 1. The van der Waals surface area contributed by atoms with Gasteiger partial charge in [0, 0.05) is 24.5 Å². The van der Waals surface area contributed by atoms with Crippen LogP contribution in [-0.4, -0.2) is 27.1 Å². The smallest absolute Gasteiger partial charge is 0.137 e. The van der Waals surface area contributed by atoms with Gasteiger partial charge in [-0.25, -0.2) is 0 Å². The van der Waals surface area contributed by atoms with Crippen molar-refractivity contribution in [3.8, 4) is 5.75 Å². The maximum atomic E-state index is 13.3. The number of ketones is 1. The van der Waals surface area contributed by atoms with E-state index >= 15 is 0 Å². The number of fused-ring (bicyclic) bond motifs is 5. The third-order valence-electron chi connectivity index (χ3n) is 10.6. The molecule has 4 nitrogen and oxygen atoms in total. The number of hydrogen-bond acceptors (Lipinski definition) is 4. The Morgan fingerprint density at radius 2 is 1.81 bits per heavy atom. The fourth-order valence-corrected chi connectivity index (χ4v) is 8.99. The highest BCUT2D eigenvalue weighted by atomic mass is 16.3. The number of carbonyl (C=O) groups is 1. The van der Waals surface area contributed by atoms with Gasteiger partial charge in [-0.05, 0) is 98.0 Å². The Hall–Kier alpha value is -1.42. The van der Waals surface area contributed by atoms with Gasteiger partial charge >= 0.3 is 0 Å². The van der Waals surface area contributed by atoms with E-state index in [0.29, 0.717) is 48.0 Å². The Labute approximate surface area is 186 Å². The minimum absolute atomic E-state index is 0.0617. The van der Waals surface area contributed by atoms with Crippen LogP contribution >= 0.6 is 0 Å². The molecule has 0 saturated heterocycles. The van der Waals surface area contributed by atoms with Crippen LogP contribution in [0.15, 0.2) is 12.3 Å². The van der Waals surface area contributed by atoms with Gasteiger partial charge in [0.15, 0.2) is 0 Å². The van der Waals surface area contributed by atoms with Crippen molar-refractivity contribution in [3.05, 3.63) is 23.5 Å². The van der Waals surface area contributed by atoms with Gasteiger partial charge in [-0.15, -0.1) is 0 Å². The van der Waals surface area contributed by atoms with Crippen LogP contribution in [-0.2, 0) is 4.79 Å². The summed E-state index contributed by atoms with van der Waals surface area (Å²) in [5.74, 6) is 3.21. The van der Waals surface area contributed by atoms with Crippen molar-refractivity contribution in [3.63, 3.8) is 0 Å². The zero-order chi connectivity index (χ0) is 22.1. The maximum Gasteiger partial charge on any atom is 0.137 e. The first kappa shape index (κ1) is 21.4. The van der Waals surface area contributed by atoms with E-state index in [1.54, 1.807) is 0 Å². The van der Waals surface area contributed by atoms with E-state index in [2.05, 4.69) is 25.8 Å². The number of carbonyl (C=O) groups excluding carboxylic acids is 1. The zero-order valence-electron chi connectivity index (χ0n) is 19.6. The number of aryl methyl sites for hydroxylation is 1. The number of aliphatic hydroxyl groups excluding tert-OH is 1. The van der Waals surface area contributed by atoms with Gasteiger partial charge in [0.2, 0.25) is 0 Å². The molecular weight excluding hydrogens is 386 g/mol. The van der Waals surface area contributed by atoms with Crippen LogP contribution in [0.2, 0.25) is 0 Å². The summed E-state index contributed by atoms with van der Waals surface area (Å²) in [7, 11) is 0. The van der Waals surface area contributed by atoms with Gasteiger partial charge in [-0.3, -0.25) is 9.78 Å². The second kappa shape index (κ2) is 7.30. The monoisotopic (exact) mass is 425 g/mol. The number of rotatable bonds is 2.